The van der Waals surface area contributed by atoms with E-state index in [0.29, 0.717) is 5.82 Å². The molecule has 0 unspecified atom stereocenters. The molecule has 0 aliphatic heterocycles. The molecule has 0 aliphatic rings. The van der Waals surface area contributed by atoms with Gasteiger partial charge >= 0.3 is 0 Å². The fraction of sp³-hybridized carbons (Fsp3) is 0. The van der Waals surface area contributed by atoms with Crippen molar-refractivity contribution in [2.75, 3.05) is 0 Å². The molecule has 12 aromatic rings. The normalized spacial score (nSPS) is 11.7. The molecule has 0 atom stereocenters. The highest BCUT2D eigenvalue weighted by atomic mass is 15.0. The highest BCUT2D eigenvalue weighted by Gasteiger charge is 2.18. The van der Waals surface area contributed by atoms with Crippen LogP contribution in [-0.4, -0.2) is 19.1 Å². The first-order chi connectivity index (χ1) is 29.7. The number of nitrogens with zero attached hydrogens (tertiary/aromatic N) is 4. The summed E-state index contributed by atoms with van der Waals surface area (Å²) in [5, 5.41) is 7.49. The third-order valence-electron chi connectivity index (χ3n) is 11.9. The van der Waals surface area contributed by atoms with Crippen LogP contribution in [0.15, 0.2) is 218 Å². The molecule has 4 nitrogen and oxygen atoms in total. The maximum Gasteiger partial charge on any atom is 0.160 e. The zero-order valence-electron chi connectivity index (χ0n) is 32.6. The van der Waals surface area contributed by atoms with Crippen LogP contribution in [0.3, 0.4) is 0 Å². The first-order valence-corrected chi connectivity index (χ1v) is 20.4. The van der Waals surface area contributed by atoms with Crippen molar-refractivity contribution in [2.45, 2.75) is 0 Å². The monoisotopic (exact) mass is 764 g/mol. The Bertz CT molecular complexity index is 3510. The largest absolute Gasteiger partial charge is 0.309 e. The van der Waals surface area contributed by atoms with Crippen LogP contribution in [0.4, 0.5) is 0 Å². The van der Waals surface area contributed by atoms with E-state index in [9.17, 15) is 0 Å². The molecular weight excluding hydrogens is 729 g/mol. The number of rotatable bonds is 6. The number of benzene rings is 9. The predicted octanol–water partition coefficient (Wildman–Crippen LogP) is 14.5. The first kappa shape index (κ1) is 34.0. The second-order valence-corrected chi connectivity index (χ2v) is 15.4. The molecule has 0 saturated heterocycles. The molecule has 3 heterocycles. The summed E-state index contributed by atoms with van der Waals surface area (Å²) in [7, 11) is 0. The lowest BCUT2D eigenvalue weighted by Crippen LogP contribution is -1.97. The van der Waals surface area contributed by atoms with Gasteiger partial charge in [0.1, 0.15) is 0 Å². The number of aromatic nitrogens is 4. The van der Waals surface area contributed by atoms with Crippen LogP contribution < -0.4 is 0 Å². The van der Waals surface area contributed by atoms with Crippen LogP contribution in [-0.2, 0) is 0 Å². The van der Waals surface area contributed by atoms with E-state index in [1.165, 1.54) is 65.5 Å². The maximum atomic E-state index is 5.08. The first-order valence-electron chi connectivity index (χ1n) is 20.4. The second-order valence-electron chi connectivity index (χ2n) is 15.4. The van der Waals surface area contributed by atoms with Gasteiger partial charge in [0.15, 0.2) is 5.82 Å². The molecule has 280 valence electrons. The van der Waals surface area contributed by atoms with Crippen molar-refractivity contribution in [1.82, 2.24) is 19.1 Å². The van der Waals surface area contributed by atoms with Gasteiger partial charge in [-0.1, -0.05) is 152 Å². The number of hydrogen-bond donors (Lipinski definition) is 0. The molecule has 9 aromatic carbocycles. The number of hydrogen-bond acceptors (Lipinski definition) is 2. The predicted molar refractivity (Wildman–Crippen MR) is 250 cm³/mol. The fourth-order valence-corrected chi connectivity index (χ4v) is 9.11. The molecule has 0 amide bonds. The smallest absolute Gasteiger partial charge is 0.160 e. The van der Waals surface area contributed by atoms with Gasteiger partial charge in [-0.3, -0.25) is 0 Å². The Morgan fingerprint density at radius 2 is 0.767 bits per heavy atom. The summed E-state index contributed by atoms with van der Waals surface area (Å²) in [6, 6.07) is 78.0. The minimum absolute atomic E-state index is 0.712. The van der Waals surface area contributed by atoms with Gasteiger partial charge in [-0.2, -0.15) is 0 Å². The zero-order valence-corrected chi connectivity index (χ0v) is 32.6. The molecule has 0 aliphatic carbocycles. The van der Waals surface area contributed by atoms with Crippen LogP contribution in [0.25, 0.3) is 111 Å². The number of fused-ring (bicyclic) bond motifs is 8. The van der Waals surface area contributed by atoms with Gasteiger partial charge in [-0.05, 0) is 88.6 Å². The Hall–Kier alpha value is -8.08. The van der Waals surface area contributed by atoms with Crippen molar-refractivity contribution in [3.05, 3.63) is 218 Å². The van der Waals surface area contributed by atoms with Gasteiger partial charge in [0.25, 0.3) is 0 Å². The lowest BCUT2D eigenvalue weighted by molar-refractivity contribution is 1.17. The highest BCUT2D eigenvalue weighted by molar-refractivity contribution is 6.22. The Kier molecular flexibility index (Phi) is 7.82. The Balaban J connectivity index is 0.978. The number of para-hydroxylation sites is 2. The van der Waals surface area contributed by atoms with E-state index in [0.717, 1.165) is 39.5 Å². The van der Waals surface area contributed by atoms with Gasteiger partial charge in [0.05, 0.1) is 33.5 Å². The van der Waals surface area contributed by atoms with E-state index < -0.39 is 0 Å². The minimum Gasteiger partial charge on any atom is -0.309 e. The third-order valence-corrected chi connectivity index (χ3v) is 11.9. The summed E-state index contributed by atoms with van der Waals surface area (Å²) in [6.07, 6.45) is 0. The van der Waals surface area contributed by atoms with Crippen molar-refractivity contribution in [3.63, 3.8) is 0 Å². The zero-order chi connectivity index (χ0) is 39.6. The van der Waals surface area contributed by atoms with Crippen LogP contribution >= 0.6 is 0 Å². The summed E-state index contributed by atoms with van der Waals surface area (Å²) in [5.74, 6) is 0.712. The Morgan fingerprint density at radius 3 is 1.48 bits per heavy atom. The molecule has 0 fully saturated rings. The summed E-state index contributed by atoms with van der Waals surface area (Å²) in [4.78, 5) is 10.1. The van der Waals surface area contributed by atoms with Crippen LogP contribution in [0, 0.1) is 0 Å². The van der Waals surface area contributed by atoms with E-state index >= 15 is 0 Å². The van der Waals surface area contributed by atoms with Crippen molar-refractivity contribution >= 4 is 54.4 Å². The summed E-state index contributed by atoms with van der Waals surface area (Å²) in [5.41, 5.74) is 14.3. The molecule has 0 saturated carbocycles. The SMILES string of the molecule is c1ccc(-c2cc(-c3ccc(-n4c5ccccc5c5cc(-c6ccc7c(c6)c6c8ccccc8ccc6n7-c6ccccc6)ccc54)cc3)nc(-c3ccccc3)n2)cc1. The minimum atomic E-state index is 0.712. The second kappa shape index (κ2) is 13.8. The summed E-state index contributed by atoms with van der Waals surface area (Å²) >= 11 is 0. The Morgan fingerprint density at radius 1 is 0.283 bits per heavy atom. The fourth-order valence-electron chi connectivity index (χ4n) is 9.11. The van der Waals surface area contributed by atoms with E-state index in [2.05, 4.69) is 203 Å². The van der Waals surface area contributed by atoms with E-state index in [1.807, 2.05) is 24.3 Å². The van der Waals surface area contributed by atoms with Crippen LogP contribution in [0.2, 0.25) is 0 Å². The molecule has 60 heavy (non-hydrogen) atoms. The van der Waals surface area contributed by atoms with Crippen LogP contribution in [0.1, 0.15) is 0 Å². The Labute approximate surface area is 346 Å². The van der Waals surface area contributed by atoms with Crippen LogP contribution in [0.5, 0.6) is 0 Å². The van der Waals surface area contributed by atoms with Gasteiger partial charge in [-0.15, -0.1) is 0 Å². The van der Waals surface area contributed by atoms with Gasteiger partial charge in [0.2, 0.25) is 0 Å². The molecule has 12 rings (SSSR count). The standard InChI is InChI=1S/C56H36N4/c1-4-15-38(16-5-1)49-36-50(58-56(57-49)40-17-6-2-7-18-40)39-24-29-44(30-25-39)59-51-23-13-12-22-46(51)47-34-41(27-31-52(47)59)42-28-32-53-48(35-42)55-45-21-11-10-14-37(45)26-33-54(55)60(53)43-19-8-3-9-20-43/h1-36H. The molecule has 3 aromatic heterocycles. The third kappa shape index (κ3) is 5.53. The van der Waals surface area contributed by atoms with Crippen molar-refractivity contribution in [1.29, 1.82) is 0 Å². The maximum absolute atomic E-state index is 5.08. The molecular formula is C56H36N4. The molecule has 0 spiro atoms. The van der Waals surface area contributed by atoms with Crippen molar-refractivity contribution in [2.24, 2.45) is 0 Å². The van der Waals surface area contributed by atoms with Gasteiger partial charge in [0, 0.05) is 49.6 Å². The molecule has 0 N–H and O–H groups in total. The molecule has 4 heteroatoms. The highest BCUT2D eigenvalue weighted by Crippen LogP contribution is 2.41. The van der Waals surface area contributed by atoms with Gasteiger partial charge in [-0.25, -0.2) is 9.97 Å². The summed E-state index contributed by atoms with van der Waals surface area (Å²) in [6.45, 7) is 0. The average molecular weight is 765 g/mol. The molecule has 0 bridgehead atoms. The lowest BCUT2D eigenvalue weighted by atomic mass is 9.99. The topological polar surface area (TPSA) is 35.6 Å². The quantitative estimate of drug-likeness (QED) is 0.169. The summed E-state index contributed by atoms with van der Waals surface area (Å²) < 4.78 is 4.78. The molecule has 0 radical (unpaired) electrons. The van der Waals surface area contributed by atoms with Crippen molar-refractivity contribution in [3.8, 4) is 56.4 Å². The lowest BCUT2D eigenvalue weighted by Gasteiger charge is -2.12. The van der Waals surface area contributed by atoms with Crippen molar-refractivity contribution < 1.29 is 0 Å². The van der Waals surface area contributed by atoms with E-state index in [4.69, 9.17) is 9.97 Å². The van der Waals surface area contributed by atoms with E-state index in [-0.39, 0.29) is 0 Å². The average Bonchev–Trinajstić information content (AvgIpc) is 3.85. The van der Waals surface area contributed by atoms with Gasteiger partial charge < -0.3 is 9.13 Å². The van der Waals surface area contributed by atoms with E-state index in [1.54, 1.807) is 0 Å².